The van der Waals surface area contributed by atoms with Crippen molar-refractivity contribution in [3.05, 3.63) is 77.9 Å². The lowest BCUT2D eigenvalue weighted by atomic mass is 9.94. The van der Waals surface area contributed by atoms with Crippen LogP contribution in [0.5, 0.6) is 0 Å². The monoisotopic (exact) mass is 497 g/mol. The largest absolute Gasteiger partial charge is 0.309 e. The minimum absolute atomic E-state index is 0.180. The van der Waals surface area contributed by atoms with Crippen LogP contribution in [-0.2, 0) is 4.79 Å². The van der Waals surface area contributed by atoms with Crippen LogP contribution >= 0.6 is 0 Å². The van der Waals surface area contributed by atoms with Gasteiger partial charge in [0.2, 0.25) is 5.91 Å². The van der Waals surface area contributed by atoms with Gasteiger partial charge in [0.15, 0.2) is 0 Å². The lowest BCUT2D eigenvalue weighted by Gasteiger charge is -2.38. The summed E-state index contributed by atoms with van der Waals surface area (Å²) < 4.78 is 0. The topological polar surface area (TPSA) is 60.9 Å². The number of benzene rings is 3. The first-order valence-electron chi connectivity index (χ1n) is 13.6. The summed E-state index contributed by atoms with van der Waals surface area (Å²) in [5.74, 6) is -0.174. The molecule has 1 fully saturated rings. The summed E-state index contributed by atoms with van der Waals surface area (Å²) >= 11 is 0. The van der Waals surface area contributed by atoms with Gasteiger partial charge in [0.05, 0.1) is 0 Å². The zero-order valence-corrected chi connectivity index (χ0v) is 21.6. The molecule has 192 valence electrons. The average Bonchev–Trinajstić information content (AvgIpc) is 2.94. The Morgan fingerprint density at radius 3 is 2.05 bits per heavy atom. The van der Waals surface area contributed by atoms with Crippen molar-refractivity contribution < 1.29 is 14.4 Å². The lowest BCUT2D eigenvalue weighted by molar-refractivity contribution is -0.119. The van der Waals surface area contributed by atoms with E-state index in [0.29, 0.717) is 24.1 Å². The Morgan fingerprint density at radius 1 is 0.811 bits per heavy atom. The normalized spacial score (nSPS) is 16.4. The Bertz CT molecular complexity index is 1230. The van der Waals surface area contributed by atoms with Gasteiger partial charge in [-0.1, -0.05) is 55.8 Å². The molecular weight excluding hydrogens is 462 g/mol. The van der Waals surface area contributed by atoms with E-state index in [0.717, 1.165) is 68.2 Å². The highest BCUT2D eigenvalue weighted by Gasteiger charge is 2.32. The highest BCUT2D eigenvalue weighted by Crippen LogP contribution is 2.30. The number of carbonyl (C=O) groups is 3. The second-order valence-electron chi connectivity index (χ2n) is 10.1. The number of hydrogen-bond donors (Lipinski definition) is 0. The molecule has 37 heavy (non-hydrogen) atoms. The van der Waals surface area contributed by atoms with Gasteiger partial charge in [0, 0.05) is 54.3 Å². The smallest absolute Gasteiger partial charge is 0.261 e. The summed E-state index contributed by atoms with van der Waals surface area (Å²) in [6, 6.07) is 21.6. The fourth-order valence-electron chi connectivity index (χ4n) is 5.78. The van der Waals surface area contributed by atoms with Crippen LogP contribution in [0.3, 0.4) is 0 Å². The number of hydrogen-bond acceptors (Lipinski definition) is 4. The molecule has 3 aromatic carbocycles. The van der Waals surface area contributed by atoms with Crippen molar-refractivity contribution >= 4 is 34.2 Å². The summed E-state index contributed by atoms with van der Waals surface area (Å²) in [6.45, 7) is 5.35. The van der Waals surface area contributed by atoms with Gasteiger partial charge >= 0.3 is 0 Å². The first-order valence-corrected chi connectivity index (χ1v) is 13.6. The Labute approximate surface area is 218 Å². The van der Waals surface area contributed by atoms with Gasteiger partial charge in [-0.05, 0) is 61.9 Å². The number of piperidine rings is 1. The maximum absolute atomic E-state index is 13.1. The molecule has 0 atom stereocenters. The van der Waals surface area contributed by atoms with Crippen molar-refractivity contribution in [1.29, 1.82) is 0 Å². The Kier molecular flexibility index (Phi) is 7.65. The minimum Gasteiger partial charge on any atom is -0.309 e. The van der Waals surface area contributed by atoms with Gasteiger partial charge in [-0.15, -0.1) is 0 Å². The molecule has 0 unspecified atom stereocenters. The van der Waals surface area contributed by atoms with Crippen LogP contribution in [0.1, 0.15) is 66.2 Å². The number of unbranched alkanes of at least 4 members (excludes halogenated alkanes) is 2. The third kappa shape index (κ3) is 5.16. The van der Waals surface area contributed by atoms with Gasteiger partial charge in [0.1, 0.15) is 0 Å². The van der Waals surface area contributed by atoms with E-state index in [1.807, 2.05) is 78.6 Å². The molecule has 6 nitrogen and oxygen atoms in total. The van der Waals surface area contributed by atoms with Gasteiger partial charge < -0.3 is 9.80 Å². The summed E-state index contributed by atoms with van der Waals surface area (Å²) in [5, 5.41) is 1.72. The summed E-state index contributed by atoms with van der Waals surface area (Å²) in [6.07, 6.45) is 5.26. The second kappa shape index (κ2) is 11.3. The molecule has 0 N–H and O–H groups in total. The SMILES string of the molecule is CCC(=O)N(c1ccccc1)C1CCN(CCCCCN2C(=O)c3cccc4cccc(c34)C2=O)CC1. The van der Waals surface area contributed by atoms with E-state index in [4.69, 9.17) is 0 Å². The van der Waals surface area contributed by atoms with E-state index in [2.05, 4.69) is 4.90 Å². The van der Waals surface area contributed by atoms with E-state index in [-0.39, 0.29) is 23.8 Å². The molecule has 0 radical (unpaired) electrons. The van der Waals surface area contributed by atoms with E-state index in [9.17, 15) is 14.4 Å². The van der Waals surface area contributed by atoms with Crippen molar-refractivity contribution in [2.45, 2.75) is 51.5 Å². The zero-order chi connectivity index (χ0) is 25.8. The van der Waals surface area contributed by atoms with Gasteiger partial charge in [0.25, 0.3) is 11.8 Å². The third-order valence-electron chi connectivity index (χ3n) is 7.74. The molecule has 0 spiro atoms. The fraction of sp³-hybridized carbons (Fsp3) is 0.387. The van der Waals surface area contributed by atoms with E-state index in [1.54, 1.807) is 0 Å². The molecule has 5 rings (SSSR count). The van der Waals surface area contributed by atoms with Crippen molar-refractivity contribution in [1.82, 2.24) is 9.80 Å². The first-order chi connectivity index (χ1) is 18.1. The molecule has 3 aromatic rings. The van der Waals surface area contributed by atoms with E-state index >= 15 is 0 Å². The molecule has 0 bridgehead atoms. The van der Waals surface area contributed by atoms with Crippen molar-refractivity contribution in [2.24, 2.45) is 0 Å². The summed E-state index contributed by atoms with van der Waals surface area (Å²) in [4.78, 5) is 44.7. The molecular formula is C31H35N3O3. The quantitative estimate of drug-likeness (QED) is 0.289. The van der Waals surface area contributed by atoms with Crippen LogP contribution in [0.15, 0.2) is 66.7 Å². The molecule has 1 saturated heterocycles. The van der Waals surface area contributed by atoms with Gasteiger partial charge in [-0.2, -0.15) is 0 Å². The van der Waals surface area contributed by atoms with Crippen LogP contribution in [0, 0.1) is 0 Å². The van der Waals surface area contributed by atoms with Crippen LogP contribution in [0.25, 0.3) is 10.8 Å². The van der Waals surface area contributed by atoms with Crippen molar-refractivity contribution in [3.63, 3.8) is 0 Å². The van der Waals surface area contributed by atoms with Crippen molar-refractivity contribution in [2.75, 3.05) is 31.1 Å². The number of anilines is 1. The van der Waals surface area contributed by atoms with Crippen LogP contribution in [0.2, 0.25) is 0 Å². The maximum Gasteiger partial charge on any atom is 0.261 e. The van der Waals surface area contributed by atoms with E-state index < -0.39 is 0 Å². The predicted octanol–water partition coefficient (Wildman–Crippen LogP) is 5.51. The number of likely N-dealkylation sites (tertiary alicyclic amines) is 1. The second-order valence-corrected chi connectivity index (χ2v) is 10.1. The highest BCUT2D eigenvalue weighted by molar-refractivity contribution is 6.25. The van der Waals surface area contributed by atoms with E-state index in [1.165, 1.54) is 4.90 Å². The van der Waals surface area contributed by atoms with Gasteiger partial charge in [-0.3, -0.25) is 19.3 Å². The summed E-state index contributed by atoms with van der Waals surface area (Å²) in [5.41, 5.74) is 2.25. The fourth-order valence-corrected chi connectivity index (χ4v) is 5.78. The molecule has 0 aromatic heterocycles. The number of carbonyl (C=O) groups excluding carboxylic acids is 3. The van der Waals surface area contributed by atoms with Crippen LogP contribution < -0.4 is 4.90 Å². The predicted molar refractivity (Wildman–Crippen MR) is 147 cm³/mol. The maximum atomic E-state index is 13.1. The number of nitrogens with zero attached hydrogens (tertiary/aromatic N) is 3. The Balaban J connectivity index is 1.09. The van der Waals surface area contributed by atoms with Crippen LogP contribution in [-0.4, -0.2) is 59.7 Å². The molecule has 6 heteroatoms. The first kappa shape index (κ1) is 25.2. The Morgan fingerprint density at radius 2 is 1.43 bits per heavy atom. The van der Waals surface area contributed by atoms with Crippen LogP contribution in [0.4, 0.5) is 5.69 Å². The molecule has 0 saturated carbocycles. The minimum atomic E-state index is -0.180. The zero-order valence-electron chi connectivity index (χ0n) is 21.6. The molecule has 3 amide bonds. The number of rotatable bonds is 9. The number of imide groups is 1. The standard InChI is InChI=1S/C31H35N3O3/c1-2-28(35)34(24-13-5-3-6-14-24)25-17-21-32(22-18-25)19-7-4-8-20-33-30(36)26-15-9-11-23-12-10-16-27(29(23)26)31(33)37/h3,5-6,9-16,25H,2,4,7-8,17-22H2,1H3. The molecule has 2 heterocycles. The lowest BCUT2D eigenvalue weighted by Crippen LogP contribution is -2.47. The average molecular weight is 498 g/mol. The van der Waals surface area contributed by atoms with Gasteiger partial charge in [-0.25, -0.2) is 0 Å². The highest BCUT2D eigenvalue weighted by atomic mass is 16.2. The number of amides is 3. The number of para-hydroxylation sites is 1. The van der Waals surface area contributed by atoms with Crippen molar-refractivity contribution in [3.8, 4) is 0 Å². The molecule has 2 aliphatic rings. The summed E-state index contributed by atoms with van der Waals surface area (Å²) in [7, 11) is 0. The third-order valence-corrected chi connectivity index (χ3v) is 7.74. The molecule has 0 aliphatic carbocycles. The molecule has 2 aliphatic heterocycles. The Hall–Kier alpha value is -3.51.